The van der Waals surface area contributed by atoms with Gasteiger partial charge in [0, 0.05) is 17.8 Å². The van der Waals surface area contributed by atoms with Crippen LogP contribution in [0.5, 0.6) is 0 Å². The molecule has 0 aromatic heterocycles. The summed E-state index contributed by atoms with van der Waals surface area (Å²) in [6.45, 7) is 17.1. The first-order valence-electron chi connectivity index (χ1n) is 10.6. The highest BCUT2D eigenvalue weighted by Gasteiger charge is 2.54. The molecule has 0 aromatic rings. The van der Waals surface area contributed by atoms with Gasteiger partial charge in [0.2, 0.25) is 8.32 Å². The zero-order chi connectivity index (χ0) is 21.3. The Morgan fingerprint density at radius 1 is 1.00 bits per heavy atom. The normalized spacial score (nSPS) is 25.3. The highest BCUT2D eigenvalue weighted by Crippen LogP contribution is 2.56. The third kappa shape index (κ3) is 4.35. The van der Waals surface area contributed by atoms with Gasteiger partial charge in [-0.25, -0.2) is 0 Å². The molecule has 0 bridgehead atoms. The van der Waals surface area contributed by atoms with Crippen LogP contribution in [0.15, 0.2) is 24.3 Å². The largest absolute Gasteiger partial charge is 0.436 e. The Morgan fingerprint density at radius 3 is 1.93 bits per heavy atom. The molecular formula is C23H38O4Si. The Kier molecular flexibility index (Phi) is 6.82. The molecule has 5 heteroatoms. The maximum Gasteiger partial charge on any atom is 0.304 e. The molecule has 158 valence electrons. The summed E-state index contributed by atoms with van der Waals surface area (Å²) >= 11 is 0. The number of rotatable bonds is 7. The van der Waals surface area contributed by atoms with Crippen molar-refractivity contribution in [3.8, 4) is 0 Å². The average molecular weight is 407 g/mol. The average Bonchev–Trinajstić information content (AvgIpc) is 2.91. The van der Waals surface area contributed by atoms with Gasteiger partial charge in [-0.1, -0.05) is 60.6 Å². The molecule has 2 unspecified atom stereocenters. The van der Waals surface area contributed by atoms with Gasteiger partial charge in [0.1, 0.15) is 0 Å². The number of hydrogen-bond acceptors (Lipinski definition) is 4. The smallest absolute Gasteiger partial charge is 0.304 e. The predicted molar refractivity (Wildman–Crippen MR) is 115 cm³/mol. The Hall–Kier alpha value is -1.20. The molecule has 0 N–H and O–H groups in total. The van der Waals surface area contributed by atoms with E-state index in [2.05, 4.69) is 48.5 Å². The minimum absolute atomic E-state index is 0.0397. The molecule has 0 saturated heterocycles. The fourth-order valence-corrected chi connectivity index (χ4v) is 11.1. The van der Waals surface area contributed by atoms with Gasteiger partial charge < -0.3 is 9.16 Å². The first-order valence-corrected chi connectivity index (χ1v) is 12.8. The van der Waals surface area contributed by atoms with Gasteiger partial charge in [0.15, 0.2) is 12.1 Å². The minimum Gasteiger partial charge on any atom is -0.436 e. The SMILES string of the molecule is CC(=O)OC(O[Si](C(C)C)(C(C)C)C(C)C)C1(C)CCC2(C=CC(=O)C=C2)C1. The van der Waals surface area contributed by atoms with Crippen molar-refractivity contribution in [2.24, 2.45) is 10.8 Å². The summed E-state index contributed by atoms with van der Waals surface area (Å²) in [4.78, 5) is 23.6. The number of hydrogen-bond donors (Lipinski definition) is 0. The Bertz CT molecular complexity index is 624. The fourth-order valence-electron chi connectivity index (χ4n) is 5.59. The Labute approximate surface area is 171 Å². The molecule has 1 spiro atoms. The quantitative estimate of drug-likeness (QED) is 0.298. The molecule has 0 aliphatic heterocycles. The molecule has 2 aliphatic rings. The summed E-state index contributed by atoms with van der Waals surface area (Å²) in [5.41, 5.74) is 0.824. The van der Waals surface area contributed by atoms with Gasteiger partial charge in [0.05, 0.1) is 0 Å². The summed E-state index contributed by atoms with van der Waals surface area (Å²) in [5, 5.41) is 0. The van der Waals surface area contributed by atoms with Crippen molar-refractivity contribution in [1.82, 2.24) is 0 Å². The van der Waals surface area contributed by atoms with Crippen molar-refractivity contribution < 1.29 is 18.8 Å². The van der Waals surface area contributed by atoms with Crippen LogP contribution in [-0.4, -0.2) is 26.4 Å². The lowest BCUT2D eigenvalue weighted by molar-refractivity contribution is -0.184. The van der Waals surface area contributed by atoms with E-state index in [9.17, 15) is 9.59 Å². The van der Waals surface area contributed by atoms with Gasteiger partial charge in [-0.15, -0.1) is 0 Å². The van der Waals surface area contributed by atoms with E-state index < -0.39 is 14.6 Å². The van der Waals surface area contributed by atoms with Crippen LogP contribution in [-0.2, 0) is 18.8 Å². The van der Waals surface area contributed by atoms with Crippen molar-refractivity contribution >= 4 is 20.1 Å². The standard InChI is InChI=1S/C23H38O4Si/c1-16(2)28(17(3)4,18(5)6)27-21(26-19(7)24)22(8)13-14-23(15-22)11-9-20(25)10-12-23/h9-12,16-18,21H,13-15H2,1-8H3. The van der Waals surface area contributed by atoms with Gasteiger partial charge in [0.25, 0.3) is 0 Å². The monoisotopic (exact) mass is 406 g/mol. The number of carbonyl (C=O) groups excluding carboxylic acids is 2. The van der Waals surface area contributed by atoms with Gasteiger partial charge in [-0.2, -0.15) is 0 Å². The van der Waals surface area contributed by atoms with Crippen LogP contribution in [0.4, 0.5) is 0 Å². The maximum atomic E-state index is 12.0. The Morgan fingerprint density at radius 2 is 1.50 bits per heavy atom. The van der Waals surface area contributed by atoms with E-state index in [0.717, 1.165) is 19.3 Å². The second-order valence-corrected chi connectivity index (χ2v) is 15.4. The predicted octanol–water partition coefficient (Wildman–Crippen LogP) is 5.94. The fraction of sp³-hybridized carbons (Fsp3) is 0.739. The molecule has 0 amide bonds. The van der Waals surface area contributed by atoms with E-state index in [1.165, 1.54) is 6.92 Å². The number of ether oxygens (including phenoxy) is 1. The van der Waals surface area contributed by atoms with Crippen molar-refractivity contribution in [3.63, 3.8) is 0 Å². The van der Waals surface area contributed by atoms with Crippen LogP contribution in [0, 0.1) is 10.8 Å². The summed E-state index contributed by atoms with van der Waals surface area (Å²) in [5.74, 6) is -0.255. The minimum atomic E-state index is -2.21. The molecule has 2 rings (SSSR count). The molecule has 1 saturated carbocycles. The number of ketones is 1. The number of esters is 1. The van der Waals surface area contributed by atoms with Crippen molar-refractivity contribution in [3.05, 3.63) is 24.3 Å². The molecule has 4 nitrogen and oxygen atoms in total. The molecular weight excluding hydrogens is 368 g/mol. The summed E-state index contributed by atoms with van der Waals surface area (Å²) in [7, 11) is -2.21. The van der Waals surface area contributed by atoms with Crippen molar-refractivity contribution in [2.45, 2.75) is 97.6 Å². The topological polar surface area (TPSA) is 52.6 Å². The van der Waals surface area contributed by atoms with Crippen LogP contribution in [0.2, 0.25) is 16.6 Å². The first kappa shape index (κ1) is 23.1. The van der Waals surface area contributed by atoms with E-state index in [0.29, 0.717) is 16.6 Å². The van der Waals surface area contributed by atoms with Gasteiger partial charge >= 0.3 is 5.97 Å². The lowest BCUT2D eigenvalue weighted by Crippen LogP contribution is -2.54. The van der Waals surface area contributed by atoms with Crippen LogP contribution in [0.1, 0.15) is 74.7 Å². The zero-order valence-corrected chi connectivity index (χ0v) is 19.9. The van der Waals surface area contributed by atoms with Gasteiger partial charge in [-0.05, 0) is 48.0 Å². The highest BCUT2D eigenvalue weighted by molar-refractivity contribution is 6.77. The van der Waals surface area contributed by atoms with Crippen molar-refractivity contribution in [2.75, 3.05) is 0 Å². The van der Waals surface area contributed by atoms with E-state index in [-0.39, 0.29) is 22.6 Å². The van der Waals surface area contributed by atoms with E-state index >= 15 is 0 Å². The lowest BCUT2D eigenvalue weighted by atomic mass is 9.78. The molecule has 1 fully saturated rings. The number of carbonyl (C=O) groups is 2. The summed E-state index contributed by atoms with van der Waals surface area (Å²) < 4.78 is 12.8. The summed E-state index contributed by atoms with van der Waals surface area (Å²) in [6, 6.07) is 0. The lowest BCUT2D eigenvalue weighted by Gasteiger charge is -2.47. The number of allylic oxidation sites excluding steroid dienone is 4. The first-order chi connectivity index (χ1) is 12.9. The van der Waals surface area contributed by atoms with Crippen LogP contribution < -0.4 is 0 Å². The van der Waals surface area contributed by atoms with Crippen LogP contribution in [0.25, 0.3) is 0 Å². The molecule has 0 heterocycles. The van der Waals surface area contributed by atoms with E-state index in [4.69, 9.17) is 9.16 Å². The Balaban J connectivity index is 2.38. The third-order valence-corrected chi connectivity index (χ3v) is 13.0. The molecule has 28 heavy (non-hydrogen) atoms. The maximum absolute atomic E-state index is 12.0. The van der Waals surface area contributed by atoms with Crippen molar-refractivity contribution in [1.29, 1.82) is 0 Å². The second kappa shape index (κ2) is 8.27. The van der Waals surface area contributed by atoms with Crippen LogP contribution >= 0.6 is 0 Å². The van der Waals surface area contributed by atoms with Gasteiger partial charge in [-0.3, -0.25) is 9.59 Å². The van der Waals surface area contributed by atoms with E-state index in [1.54, 1.807) is 12.2 Å². The molecule has 2 atom stereocenters. The summed E-state index contributed by atoms with van der Waals surface area (Å²) in [6.07, 6.45) is 9.50. The molecule has 2 aliphatic carbocycles. The zero-order valence-electron chi connectivity index (χ0n) is 18.9. The third-order valence-electron chi connectivity index (χ3n) is 6.91. The molecule has 0 aromatic carbocycles. The second-order valence-electron chi connectivity index (χ2n) is 10.0. The molecule has 0 radical (unpaired) electrons. The van der Waals surface area contributed by atoms with E-state index in [1.807, 2.05) is 12.2 Å². The highest BCUT2D eigenvalue weighted by atomic mass is 28.4. The van der Waals surface area contributed by atoms with Crippen LogP contribution in [0.3, 0.4) is 0 Å².